The van der Waals surface area contributed by atoms with Crippen molar-refractivity contribution in [1.82, 2.24) is 5.32 Å². The van der Waals surface area contributed by atoms with Gasteiger partial charge in [0.1, 0.15) is 11.4 Å². The molecule has 0 fully saturated rings. The molecule has 2 unspecified atom stereocenters. The van der Waals surface area contributed by atoms with Gasteiger partial charge in [0.15, 0.2) is 0 Å². The van der Waals surface area contributed by atoms with Crippen molar-refractivity contribution in [1.29, 1.82) is 0 Å². The Morgan fingerprint density at radius 2 is 2.16 bits per heavy atom. The molecule has 1 heterocycles. The molecule has 2 atom stereocenters. The molecule has 0 amide bonds. The standard InChI is InChI=1S/C17H27NO/c1-5-6-7-10-17(3)12-15(18-4)14-11-13(2)8-9-16(14)19-17/h8-9,11,15,18H,5-7,10,12H2,1-4H3. The molecule has 2 heteroatoms. The number of hydrogen-bond donors (Lipinski definition) is 1. The summed E-state index contributed by atoms with van der Waals surface area (Å²) in [5.74, 6) is 1.06. The Hall–Kier alpha value is -1.02. The predicted molar refractivity (Wildman–Crippen MR) is 80.8 cm³/mol. The van der Waals surface area contributed by atoms with Crippen LogP contribution >= 0.6 is 0 Å². The van der Waals surface area contributed by atoms with Gasteiger partial charge in [-0.3, -0.25) is 0 Å². The normalized spacial score (nSPS) is 25.8. The maximum Gasteiger partial charge on any atom is 0.124 e. The van der Waals surface area contributed by atoms with E-state index >= 15 is 0 Å². The molecule has 0 aliphatic carbocycles. The molecular formula is C17H27NO. The first-order chi connectivity index (χ1) is 9.08. The van der Waals surface area contributed by atoms with E-state index in [-0.39, 0.29) is 5.60 Å². The third kappa shape index (κ3) is 3.30. The summed E-state index contributed by atoms with van der Waals surface area (Å²) < 4.78 is 6.31. The number of fused-ring (bicyclic) bond motifs is 1. The van der Waals surface area contributed by atoms with Crippen LogP contribution in [-0.2, 0) is 0 Å². The molecule has 0 saturated carbocycles. The molecule has 1 aromatic carbocycles. The molecule has 1 N–H and O–H groups in total. The molecule has 1 aliphatic heterocycles. The minimum Gasteiger partial charge on any atom is -0.487 e. The van der Waals surface area contributed by atoms with Crippen molar-refractivity contribution in [3.63, 3.8) is 0 Å². The summed E-state index contributed by atoms with van der Waals surface area (Å²) in [7, 11) is 2.05. The van der Waals surface area contributed by atoms with Gasteiger partial charge >= 0.3 is 0 Å². The summed E-state index contributed by atoms with van der Waals surface area (Å²) in [6, 6.07) is 6.94. The van der Waals surface area contributed by atoms with Gasteiger partial charge in [0.2, 0.25) is 0 Å². The highest BCUT2D eigenvalue weighted by molar-refractivity contribution is 5.41. The van der Waals surface area contributed by atoms with Crippen molar-refractivity contribution in [3.05, 3.63) is 29.3 Å². The Morgan fingerprint density at radius 1 is 1.37 bits per heavy atom. The van der Waals surface area contributed by atoms with Crippen LogP contribution in [0.1, 0.15) is 63.1 Å². The lowest BCUT2D eigenvalue weighted by Gasteiger charge is -2.40. The molecule has 2 nitrogen and oxygen atoms in total. The summed E-state index contributed by atoms with van der Waals surface area (Å²) in [6.07, 6.45) is 6.02. The highest BCUT2D eigenvalue weighted by Gasteiger charge is 2.36. The number of rotatable bonds is 5. The van der Waals surface area contributed by atoms with Gasteiger partial charge in [-0.25, -0.2) is 0 Å². The van der Waals surface area contributed by atoms with Crippen molar-refractivity contribution in [2.24, 2.45) is 0 Å². The summed E-state index contributed by atoms with van der Waals surface area (Å²) in [5, 5.41) is 3.45. The molecule has 106 valence electrons. The topological polar surface area (TPSA) is 21.3 Å². The van der Waals surface area contributed by atoms with E-state index in [1.165, 1.54) is 30.4 Å². The average Bonchev–Trinajstić information content (AvgIpc) is 2.39. The SMILES string of the molecule is CCCCCC1(C)CC(NC)c2cc(C)ccc2O1. The third-order valence-corrected chi connectivity index (χ3v) is 4.19. The van der Waals surface area contributed by atoms with E-state index in [0.29, 0.717) is 6.04 Å². The summed E-state index contributed by atoms with van der Waals surface area (Å²) >= 11 is 0. The van der Waals surface area contributed by atoms with Crippen molar-refractivity contribution in [2.45, 2.75) is 64.5 Å². The van der Waals surface area contributed by atoms with Crippen LogP contribution in [0.2, 0.25) is 0 Å². The monoisotopic (exact) mass is 261 g/mol. The maximum absolute atomic E-state index is 6.31. The van der Waals surface area contributed by atoms with Crippen LogP contribution in [0.15, 0.2) is 18.2 Å². The lowest BCUT2D eigenvalue weighted by Crippen LogP contribution is -2.41. The van der Waals surface area contributed by atoms with E-state index in [4.69, 9.17) is 4.74 Å². The molecule has 2 rings (SSSR count). The van der Waals surface area contributed by atoms with Crippen LogP contribution in [0, 0.1) is 6.92 Å². The Balaban J connectivity index is 2.18. The third-order valence-electron chi connectivity index (χ3n) is 4.19. The first-order valence-corrected chi connectivity index (χ1v) is 7.55. The van der Waals surface area contributed by atoms with E-state index in [1.54, 1.807) is 0 Å². The molecular weight excluding hydrogens is 234 g/mol. The zero-order chi connectivity index (χ0) is 13.9. The molecule has 19 heavy (non-hydrogen) atoms. The van der Waals surface area contributed by atoms with Crippen LogP contribution in [0.25, 0.3) is 0 Å². The fraction of sp³-hybridized carbons (Fsp3) is 0.647. The molecule has 1 aromatic rings. The van der Waals surface area contributed by atoms with Crippen molar-refractivity contribution in [2.75, 3.05) is 7.05 Å². The summed E-state index contributed by atoms with van der Waals surface area (Å²) in [4.78, 5) is 0. The highest BCUT2D eigenvalue weighted by atomic mass is 16.5. The number of hydrogen-bond acceptors (Lipinski definition) is 2. The number of ether oxygens (including phenoxy) is 1. The second-order valence-corrected chi connectivity index (χ2v) is 6.10. The van der Waals surface area contributed by atoms with Crippen LogP contribution in [0.4, 0.5) is 0 Å². The Kier molecular flexibility index (Phi) is 4.51. The first kappa shape index (κ1) is 14.4. The highest BCUT2D eigenvalue weighted by Crippen LogP contribution is 2.41. The van der Waals surface area contributed by atoms with Crippen LogP contribution < -0.4 is 10.1 Å². The van der Waals surface area contributed by atoms with Crippen molar-refractivity contribution < 1.29 is 4.74 Å². The minimum atomic E-state index is -0.0227. The second kappa shape index (κ2) is 5.96. The van der Waals surface area contributed by atoms with Gasteiger partial charge in [-0.1, -0.05) is 37.5 Å². The van der Waals surface area contributed by atoms with Gasteiger partial charge in [0.25, 0.3) is 0 Å². The fourth-order valence-corrected chi connectivity index (χ4v) is 3.04. The van der Waals surface area contributed by atoms with E-state index in [2.05, 4.69) is 51.3 Å². The van der Waals surface area contributed by atoms with Gasteiger partial charge in [0.05, 0.1) is 0 Å². The summed E-state index contributed by atoms with van der Waals surface area (Å²) in [5.41, 5.74) is 2.60. The van der Waals surface area contributed by atoms with Crippen LogP contribution in [0.5, 0.6) is 5.75 Å². The Labute approximate surface area is 117 Å². The van der Waals surface area contributed by atoms with Gasteiger partial charge in [-0.05, 0) is 39.8 Å². The Bertz CT molecular complexity index is 429. The van der Waals surface area contributed by atoms with Crippen molar-refractivity contribution in [3.8, 4) is 5.75 Å². The molecule has 0 radical (unpaired) electrons. The van der Waals surface area contributed by atoms with E-state index in [0.717, 1.165) is 18.6 Å². The smallest absolute Gasteiger partial charge is 0.124 e. The molecule has 0 spiro atoms. The van der Waals surface area contributed by atoms with Gasteiger partial charge in [-0.15, -0.1) is 0 Å². The summed E-state index contributed by atoms with van der Waals surface area (Å²) in [6.45, 7) is 6.65. The van der Waals surface area contributed by atoms with Crippen molar-refractivity contribution >= 4 is 0 Å². The number of nitrogens with one attached hydrogen (secondary N) is 1. The van der Waals surface area contributed by atoms with Crippen LogP contribution in [0.3, 0.4) is 0 Å². The predicted octanol–water partition coefficient (Wildman–Crippen LogP) is 4.38. The van der Waals surface area contributed by atoms with E-state index in [1.807, 2.05) is 0 Å². The zero-order valence-corrected chi connectivity index (χ0v) is 12.8. The van der Waals surface area contributed by atoms with E-state index < -0.39 is 0 Å². The quantitative estimate of drug-likeness (QED) is 0.794. The Morgan fingerprint density at radius 3 is 2.84 bits per heavy atom. The minimum absolute atomic E-state index is 0.0227. The molecule has 0 aromatic heterocycles. The van der Waals surface area contributed by atoms with Gasteiger partial charge in [-0.2, -0.15) is 0 Å². The number of aryl methyl sites for hydroxylation is 1. The van der Waals surface area contributed by atoms with E-state index in [9.17, 15) is 0 Å². The second-order valence-electron chi connectivity index (χ2n) is 6.10. The lowest BCUT2D eigenvalue weighted by atomic mass is 9.84. The van der Waals surface area contributed by atoms with Gasteiger partial charge < -0.3 is 10.1 Å². The maximum atomic E-state index is 6.31. The molecule has 1 aliphatic rings. The fourth-order valence-electron chi connectivity index (χ4n) is 3.04. The van der Waals surface area contributed by atoms with Crippen LogP contribution in [-0.4, -0.2) is 12.6 Å². The number of benzene rings is 1. The zero-order valence-electron chi connectivity index (χ0n) is 12.8. The first-order valence-electron chi connectivity index (χ1n) is 7.55. The van der Waals surface area contributed by atoms with Gasteiger partial charge in [0, 0.05) is 18.0 Å². The lowest BCUT2D eigenvalue weighted by molar-refractivity contribution is 0.0385. The molecule has 0 bridgehead atoms. The average molecular weight is 261 g/mol. The largest absolute Gasteiger partial charge is 0.487 e. The number of unbranched alkanes of at least 4 members (excludes halogenated alkanes) is 2. The molecule has 0 saturated heterocycles.